The third-order valence-electron chi connectivity index (χ3n) is 6.30. The van der Waals surface area contributed by atoms with Gasteiger partial charge in [0.1, 0.15) is 0 Å². The van der Waals surface area contributed by atoms with Crippen LogP contribution in [0, 0.1) is 11.8 Å². The monoisotopic (exact) mass is 440 g/mol. The number of hydrogen-bond donors (Lipinski definition) is 0. The number of likely N-dealkylation sites (N-methyl/N-ethyl adjacent to an activating group) is 1. The van der Waals surface area contributed by atoms with Crippen LogP contribution in [0.5, 0.6) is 0 Å². The van der Waals surface area contributed by atoms with Crippen LogP contribution in [0.25, 0.3) is 0 Å². The first-order chi connectivity index (χ1) is 15.0. The third-order valence-corrected chi connectivity index (χ3v) is 7.03. The topological polar surface area (TPSA) is 66.9 Å². The molecular formula is C24H28N2O4S. The summed E-state index contributed by atoms with van der Waals surface area (Å²) in [6.45, 7) is 0.852. The standard InChI is InChI=1S/C24H28N2O4S/c1-25(14-17-11-13-31-16-17)22(27)15-30-24(29)20-8-4-3-7-19(20)23(28)26-12-10-18-6-2-5-9-21(18)26/h2,5-6,9,11,13,16,19-20H,3-4,7-8,10,12,14-15H2,1H3. The second kappa shape index (κ2) is 9.64. The highest BCUT2D eigenvalue weighted by atomic mass is 32.1. The molecular weight excluding hydrogens is 412 g/mol. The molecule has 7 heteroatoms. The Bertz CT molecular complexity index is 943. The van der Waals surface area contributed by atoms with Crippen molar-refractivity contribution in [3.8, 4) is 0 Å². The zero-order valence-corrected chi connectivity index (χ0v) is 18.6. The van der Waals surface area contributed by atoms with E-state index >= 15 is 0 Å². The molecule has 1 aromatic carbocycles. The second-order valence-electron chi connectivity index (χ2n) is 8.36. The zero-order valence-electron chi connectivity index (χ0n) is 17.8. The zero-order chi connectivity index (χ0) is 21.8. The first kappa shape index (κ1) is 21.6. The average molecular weight is 441 g/mol. The molecule has 31 heavy (non-hydrogen) atoms. The van der Waals surface area contributed by atoms with Gasteiger partial charge in [0, 0.05) is 25.8 Å². The Balaban J connectivity index is 1.36. The lowest BCUT2D eigenvalue weighted by Crippen LogP contribution is -2.43. The third kappa shape index (κ3) is 4.82. The molecule has 2 aliphatic rings. The first-order valence-electron chi connectivity index (χ1n) is 10.9. The molecule has 1 aliphatic heterocycles. The lowest BCUT2D eigenvalue weighted by Gasteiger charge is -2.32. The number of esters is 1. The highest BCUT2D eigenvalue weighted by Gasteiger charge is 2.40. The number of benzene rings is 1. The van der Waals surface area contributed by atoms with Crippen molar-refractivity contribution in [1.82, 2.24) is 4.90 Å². The molecule has 1 aliphatic carbocycles. The molecule has 1 saturated carbocycles. The van der Waals surface area contributed by atoms with Crippen molar-refractivity contribution in [3.05, 3.63) is 52.2 Å². The van der Waals surface area contributed by atoms with Gasteiger partial charge in [-0.2, -0.15) is 11.3 Å². The molecule has 0 N–H and O–H groups in total. The second-order valence-corrected chi connectivity index (χ2v) is 9.14. The molecule has 0 radical (unpaired) electrons. The Morgan fingerprint density at radius 2 is 1.90 bits per heavy atom. The maximum absolute atomic E-state index is 13.3. The van der Waals surface area contributed by atoms with Crippen molar-refractivity contribution < 1.29 is 19.1 Å². The van der Waals surface area contributed by atoms with Crippen LogP contribution in [-0.4, -0.2) is 42.9 Å². The van der Waals surface area contributed by atoms with E-state index < -0.39 is 11.9 Å². The SMILES string of the molecule is CN(Cc1ccsc1)C(=O)COC(=O)C1CCCCC1C(=O)N1CCc2ccccc21. The van der Waals surface area contributed by atoms with Gasteiger partial charge in [-0.1, -0.05) is 31.0 Å². The average Bonchev–Trinajstić information content (AvgIpc) is 3.46. The maximum atomic E-state index is 13.3. The number of carbonyl (C=O) groups is 3. The smallest absolute Gasteiger partial charge is 0.310 e. The minimum Gasteiger partial charge on any atom is -0.455 e. The van der Waals surface area contributed by atoms with Crippen LogP contribution >= 0.6 is 11.3 Å². The number of fused-ring (bicyclic) bond motifs is 1. The summed E-state index contributed by atoms with van der Waals surface area (Å²) in [5.41, 5.74) is 3.18. The van der Waals surface area contributed by atoms with Gasteiger partial charge in [-0.3, -0.25) is 14.4 Å². The Hall–Kier alpha value is -2.67. The Kier molecular flexibility index (Phi) is 6.70. The van der Waals surface area contributed by atoms with Gasteiger partial charge in [0.05, 0.1) is 11.8 Å². The van der Waals surface area contributed by atoms with Gasteiger partial charge >= 0.3 is 5.97 Å². The molecule has 2 heterocycles. The fourth-order valence-corrected chi connectivity index (χ4v) is 5.23. The van der Waals surface area contributed by atoms with E-state index in [-0.39, 0.29) is 24.3 Å². The van der Waals surface area contributed by atoms with Gasteiger partial charge in [-0.25, -0.2) is 0 Å². The molecule has 0 bridgehead atoms. The molecule has 2 amide bonds. The normalized spacial score (nSPS) is 20.2. The number of nitrogens with zero attached hydrogens (tertiary/aromatic N) is 2. The van der Waals surface area contributed by atoms with Crippen LogP contribution in [0.1, 0.15) is 36.8 Å². The molecule has 4 rings (SSSR count). The van der Waals surface area contributed by atoms with Crippen molar-refractivity contribution in [2.75, 3.05) is 25.1 Å². The summed E-state index contributed by atoms with van der Waals surface area (Å²) in [7, 11) is 1.70. The molecule has 0 saturated heterocycles. The van der Waals surface area contributed by atoms with Crippen LogP contribution in [0.15, 0.2) is 41.1 Å². The summed E-state index contributed by atoms with van der Waals surface area (Å²) in [4.78, 5) is 42.0. The lowest BCUT2D eigenvalue weighted by molar-refractivity contribution is -0.159. The number of ether oxygens (including phenoxy) is 1. The number of thiophene rings is 1. The first-order valence-corrected chi connectivity index (χ1v) is 11.8. The van der Waals surface area contributed by atoms with E-state index in [1.54, 1.807) is 23.3 Å². The van der Waals surface area contributed by atoms with Gasteiger partial charge in [0.25, 0.3) is 5.91 Å². The fourth-order valence-electron chi connectivity index (χ4n) is 4.57. The summed E-state index contributed by atoms with van der Waals surface area (Å²) in [5, 5.41) is 3.96. The Labute approximate surface area is 186 Å². The number of anilines is 1. The van der Waals surface area contributed by atoms with Crippen molar-refractivity contribution in [3.63, 3.8) is 0 Å². The summed E-state index contributed by atoms with van der Waals surface area (Å²) >= 11 is 1.58. The van der Waals surface area contributed by atoms with E-state index in [9.17, 15) is 14.4 Å². The van der Waals surface area contributed by atoms with Gasteiger partial charge in [0.15, 0.2) is 6.61 Å². The molecule has 2 atom stereocenters. The highest BCUT2D eigenvalue weighted by Crippen LogP contribution is 2.36. The van der Waals surface area contributed by atoms with E-state index in [4.69, 9.17) is 4.74 Å². The summed E-state index contributed by atoms with van der Waals surface area (Å²) in [5.74, 6) is -1.53. The van der Waals surface area contributed by atoms with Crippen molar-refractivity contribution in [2.45, 2.75) is 38.6 Å². The van der Waals surface area contributed by atoms with Gasteiger partial charge in [-0.15, -0.1) is 0 Å². The quantitative estimate of drug-likeness (QED) is 0.643. The fraction of sp³-hybridized carbons (Fsp3) is 0.458. The molecule has 2 aromatic rings. The molecule has 6 nitrogen and oxygen atoms in total. The highest BCUT2D eigenvalue weighted by molar-refractivity contribution is 7.07. The van der Waals surface area contributed by atoms with Gasteiger partial charge < -0.3 is 14.5 Å². The Morgan fingerprint density at radius 1 is 1.13 bits per heavy atom. The van der Waals surface area contributed by atoms with Crippen LogP contribution in [0.3, 0.4) is 0 Å². The largest absolute Gasteiger partial charge is 0.455 e. The Morgan fingerprint density at radius 3 is 2.68 bits per heavy atom. The van der Waals surface area contributed by atoms with E-state index in [0.29, 0.717) is 25.9 Å². The minimum atomic E-state index is -0.482. The lowest BCUT2D eigenvalue weighted by atomic mass is 9.78. The summed E-state index contributed by atoms with van der Waals surface area (Å²) in [6.07, 6.45) is 3.98. The number of carbonyl (C=O) groups excluding carboxylic acids is 3. The molecule has 1 fully saturated rings. The van der Waals surface area contributed by atoms with Crippen LogP contribution in [0.4, 0.5) is 5.69 Å². The predicted molar refractivity (Wildman–Crippen MR) is 120 cm³/mol. The van der Waals surface area contributed by atoms with Crippen LogP contribution in [-0.2, 0) is 32.1 Å². The summed E-state index contributed by atoms with van der Waals surface area (Å²) < 4.78 is 5.40. The van der Waals surface area contributed by atoms with Crippen molar-refractivity contribution in [1.29, 1.82) is 0 Å². The van der Waals surface area contributed by atoms with E-state index in [2.05, 4.69) is 0 Å². The predicted octanol–water partition coefficient (Wildman–Crippen LogP) is 3.65. The number of hydrogen-bond acceptors (Lipinski definition) is 5. The number of rotatable bonds is 6. The van der Waals surface area contributed by atoms with E-state index in [1.165, 1.54) is 5.56 Å². The maximum Gasteiger partial charge on any atom is 0.310 e. The molecule has 2 unspecified atom stereocenters. The summed E-state index contributed by atoms with van der Waals surface area (Å²) in [6, 6.07) is 9.91. The molecule has 1 aromatic heterocycles. The van der Waals surface area contributed by atoms with Gasteiger partial charge in [0.2, 0.25) is 5.91 Å². The van der Waals surface area contributed by atoms with E-state index in [1.807, 2.05) is 46.0 Å². The van der Waals surface area contributed by atoms with Gasteiger partial charge in [-0.05, 0) is 53.3 Å². The van der Waals surface area contributed by atoms with Crippen molar-refractivity contribution in [2.24, 2.45) is 11.8 Å². The van der Waals surface area contributed by atoms with Crippen molar-refractivity contribution >= 4 is 34.8 Å². The van der Waals surface area contributed by atoms with E-state index in [0.717, 1.165) is 30.5 Å². The number of amides is 2. The molecule has 164 valence electrons. The van der Waals surface area contributed by atoms with Crippen LogP contribution < -0.4 is 4.90 Å². The minimum absolute atomic E-state index is 0.00695. The molecule has 0 spiro atoms. The van der Waals surface area contributed by atoms with Crippen LogP contribution in [0.2, 0.25) is 0 Å². The number of para-hydroxylation sites is 1.